The highest BCUT2D eigenvalue weighted by Gasteiger charge is 2.92. The minimum atomic E-state index is -2.98. The molecule has 63 heavy (non-hydrogen) atoms. The van der Waals surface area contributed by atoms with Gasteiger partial charge in [-0.3, -0.25) is 29.0 Å². The van der Waals surface area contributed by atoms with Crippen molar-refractivity contribution in [1.29, 1.82) is 0 Å². The van der Waals surface area contributed by atoms with E-state index < -0.39 is 138 Å². The summed E-state index contributed by atoms with van der Waals surface area (Å²) in [6.45, 7) is 6.37. The molecule has 1 saturated heterocycles. The number of ether oxygens (including phenoxy) is 9. The minimum absolute atomic E-state index is 0.0847. The summed E-state index contributed by atoms with van der Waals surface area (Å²) in [5.74, 6) is -10.5. The predicted octanol–water partition coefficient (Wildman–Crippen LogP) is 1.27. The highest BCUT2D eigenvalue weighted by atomic mass is 16.7. The fourth-order valence-corrected chi connectivity index (χ4v) is 9.73. The van der Waals surface area contributed by atoms with Gasteiger partial charge in [-0.25, -0.2) is 14.4 Å². The summed E-state index contributed by atoms with van der Waals surface area (Å²) in [6.07, 6.45) is -12.0. The van der Waals surface area contributed by atoms with E-state index in [0.717, 1.165) is 48.5 Å². The van der Waals surface area contributed by atoms with Gasteiger partial charge in [0, 0.05) is 40.8 Å². The zero-order chi connectivity index (χ0) is 46.4. The Labute approximate surface area is 360 Å². The van der Waals surface area contributed by atoms with Crippen molar-refractivity contribution in [3.8, 4) is 0 Å². The average Bonchev–Trinajstić information content (AvgIpc) is 3.42. The quantitative estimate of drug-likeness (QED) is 0.279. The lowest BCUT2D eigenvalue weighted by atomic mass is 9.45. The molecule has 3 heterocycles. The van der Waals surface area contributed by atoms with Crippen molar-refractivity contribution in [3.63, 3.8) is 0 Å². The van der Waals surface area contributed by atoms with E-state index >= 15 is 0 Å². The third-order valence-corrected chi connectivity index (χ3v) is 12.2. The molecule has 2 aliphatic heterocycles. The molecular formula is C43H49NO19. The Morgan fingerprint density at radius 1 is 0.746 bits per heavy atom. The highest BCUT2D eigenvalue weighted by Crippen LogP contribution is 2.70. The molecule has 0 radical (unpaired) electrons. The second kappa shape index (κ2) is 16.9. The monoisotopic (exact) mass is 883 g/mol. The number of carbonyl (C=O) groups is 8. The van der Waals surface area contributed by atoms with E-state index in [-0.39, 0.29) is 23.2 Å². The molecule has 1 aromatic carbocycles. The number of esters is 8. The third-order valence-electron chi connectivity index (χ3n) is 12.2. The van der Waals surface area contributed by atoms with Crippen LogP contribution in [0.25, 0.3) is 0 Å². The second-order valence-corrected chi connectivity index (χ2v) is 16.7. The number of aryl methyl sites for hydroxylation is 1. The number of hydrogen-bond donors (Lipinski definition) is 2. The zero-order valence-electron chi connectivity index (χ0n) is 35.8. The summed E-state index contributed by atoms with van der Waals surface area (Å²) in [5, 5.41) is 25.4. The lowest BCUT2D eigenvalue weighted by molar-refractivity contribution is -0.386. The van der Waals surface area contributed by atoms with Crippen LogP contribution in [-0.4, -0.2) is 135 Å². The maximum atomic E-state index is 14.5. The topological polar surface area (TPSA) is 273 Å². The van der Waals surface area contributed by atoms with E-state index in [2.05, 4.69) is 4.98 Å². The summed E-state index contributed by atoms with van der Waals surface area (Å²) in [5.41, 5.74) is -13.3. The van der Waals surface area contributed by atoms with Crippen LogP contribution >= 0.6 is 0 Å². The fraction of sp³-hybridized carbons (Fsp3) is 0.558. The summed E-state index contributed by atoms with van der Waals surface area (Å²) < 4.78 is 54.9. The molecular weight excluding hydrogens is 834 g/mol. The van der Waals surface area contributed by atoms with Crippen molar-refractivity contribution in [2.45, 2.75) is 127 Å². The molecule has 1 spiro atoms. The average molecular weight is 884 g/mol. The van der Waals surface area contributed by atoms with Gasteiger partial charge in [0.1, 0.15) is 42.0 Å². The minimum Gasteiger partial charge on any atom is -0.465 e. The van der Waals surface area contributed by atoms with Gasteiger partial charge in [0.05, 0.1) is 22.7 Å². The first kappa shape index (κ1) is 46.5. The SMILES string of the molecule is CC(=O)OC[C@@]12[C@H](OC(C)=O)C(OC(C)=O)[C@@H]3C(OC(C)=O)[C@]14O[C@@]3(C)COC(=O)c1cccnc1CCC(C)(O)C(=O)O[C@@H]([C@H](OC(=O)c1ccccc1)[C@@H]2OC(C)=O)[C@]4(C)O. The van der Waals surface area contributed by atoms with Gasteiger partial charge in [-0.15, -0.1) is 0 Å². The number of carbonyl (C=O) groups excluding carboxylic acids is 8. The first-order valence-corrected chi connectivity index (χ1v) is 20.0. The van der Waals surface area contributed by atoms with Crippen molar-refractivity contribution in [2.24, 2.45) is 11.3 Å². The number of benzene rings is 1. The smallest absolute Gasteiger partial charge is 0.340 e. The number of aromatic nitrogens is 1. The van der Waals surface area contributed by atoms with Crippen LogP contribution in [0, 0.1) is 11.3 Å². The Bertz CT molecular complexity index is 2190. The molecule has 2 saturated carbocycles. The van der Waals surface area contributed by atoms with Crippen LogP contribution in [0.3, 0.4) is 0 Å². The van der Waals surface area contributed by atoms with Gasteiger partial charge in [-0.2, -0.15) is 0 Å². The lowest BCUT2D eigenvalue weighted by Gasteiger charge is -2.67. The van der Waals surface area contributed by atoms with Gasteiger partial charge in [0.25, 0.3) is 0 Å². The Kier molecular flexibility index (Phi) is 12.5. The highest BCUT2D eigenvalue weighted by molar-refractivity contribution is 5.91. The molecule has 4 bridgehead atoms. The van der Waals surface area contributed by atoms with E-state index in [9.17, 15) is 48.6 Å². The molecule has 1 aromatic heterocycles. The van der Waals surface area contributed by atoms with E-state index in [1.165, 1.54) is 49.5 Å². The maximum absolute atomic E-state index is 14.5. The van der Waals surface area contributed by atoms with Crippen molar-refractivity contribution < 1.29 is 91.2 Å². The molecule has 12 atom stereocenters. The molecule has 20 nitrogen and oxygen atoms in total. The van der Waals surface area contributed by atoms with Gasteiger partial charge < -0.3 is 52.8 Å². The molecule has 340 valence electrons. The van der Waals surface area contributed by atoms with Gasteiger partial charge >= 0.3 is 47.8 Å². The molecule has 20 heteroatoms. The van der Waals surface area contributed by atoms with Gasteiger partial charge in [-0.1, -0.05) is 18.2 Å². The zero-order valence-corrected chi connectivity index (χ0v) is 35.8. The maximum Gasteiger partial charge on any atom is 0.340 e. The number of nitrogens with zero attached hydrogens (tertiary/aromatic N) is 1. The lowest BCUT2D eigenvalue weighted by Crippen LogP contribution is -2.89. The van der Waals surface area contributed by atoms with E-state index in [1.54, 1.807) is 6.07 Å². The number of rotatable bonds is 8. The number of aliphatic hydroxyl groups is 2. The number of cyclic esters (lactones) is 1. The molecule has 2 aromatic rings. The molecule has 3 unspecified atom stereocenters. The largest absolute Gasteiger partial charge is 0.465 e. The second-order valence-electron chi connectivity index (χ2n) is 16.7. The number of pyridine rings is 1. The summed E-state index contributed by atoms with van der Waals surface area (Å²) in [6, 6.07) is 10.1. The summed E-state index contributed by atoms with van der Waals surface area (Å²) in [4.78, 5) is 113. The molecule has 2 N–H and O–H groups in total. The van der Waals surface area contributed by atoms with Crippen LogP contribution < -0.4 is 0 Å². The fourth-order valence-electron chi connectivity index (χ4n) is 9.73. The third kappa shape index (κ3) is 7.99. The van der Waals surface area contributed by atoms with Gasteiger partial charge in [0.15, 0.2) is 35.6 Å². The predicted molar refractivity (Wildman–Crippen MR) is 207 cm³/mol. The number of fused-ring (bicyclic) bond motifs is 5. The van der Waals surface area contributed by atoms with E-state index in [1.807, 2.05) is 0 Å². The standard InChI is InChI=1S/C43H49NO19/c1-21(45)55-20-42-34(59-24(4)48)30(57-22(2)46)29-32(58-23(3)47)43(42)41(8,54)33(31(35(42)60-25(5)49)61-36(50)26-13-10-9-11-14-26)62-38(52)39(6,53)17-16-28-27(15-12-18-44-28)37(51)56-19-40(29,7)63-43/h9-15,18,29-35,53-54H,16-17,19-20H2,1-8H3/t29-,30?,31+,32?,33+,34-,35+,39?,40+,41+,42+,43-/m1/s1. The van der Waals surface area contributed by atoms with Crippen molar-refractivity contribution in [3.05, 3.63) is 65.5 Å². The van der Waals surface area contributed by atoms with E-state index in [4.69, 9.17) is 42.6 Å². The van der Waals surface area contributed by atoms with Crippen LogP contribution in [0.5, 0.6) is 0 Å². The van der Waals surface area contributed by atoms with Crippen LogP contribution in [0.15, 0.2) is 48.7 Å². The van der Waals surface area contributed by atoms with E-state index in [0.29, 0.717) is 0 Å². The first-order valence-electron chi connectivity index (χ1n) is 20.0. The molecule has 3 fully saturated rings. The molecule has 6 rings (SSSR count). The Hall–Kier alpha value is -5.99. The Balaban J connectivity index is 1.79. The van der Waals surface area contributed by atoms with Crippen LogP contribution in [0.4, 0.5) is 0 Å². The van der Waals surface area contributed by atoms with Crippen molar-refractivity contribution in [2.75, 3.05) is 13.2 Å². The van der Waals surface area contributed by atoms with Gasteiger partial charge in [-0.05, 0) is 57.9 Å². The van der Waals surface area contributed by atoms with Gasteiger partial charge in [0.2, 0.25) is 0 Å². The Morgan fingerprint density at radius 2 is 1.33 bits per heavy atom. The molecule has 2 aliphatic carbocycles. The van der Waals surface area contributed by atoms with Crippen molar-refractivity contribution in [1.82, 2.24) is 4.98 Å². The summed E-state index contributed by atoms with van der Waals surface area (Å²) in [7, 11) is 0. The molecule has 4 aliphatic rings. The van der Waals surface area contributed by atoms with Crippen LogP contribution in [-0.2, 0) is 77.8 Å². The molecule has 0 amide bonds. The van der Waals surface area contributed by atoms with Crippen molar-refractivity contribution >= 4 is 47.8 Å². The normalized spacial score (nSPS) is 35.8. The van der Waals surface area contributed by atoms with Crippen LogP contribution in [0.1, 0.15) is 88.2 Å². The summed E-state index contributed by atoms with van der Waals surface area (Å²) >= 11 is 0. The first-order chi connectivity index (χ1) is 29.4. The van der Waals surface area contributed by atoms with Crippen LogP contribution in [0.2, 0.25) is 0 Å². The Morgan fingerprint density at radius 3 is 1.92 bits per heavy atom. The number of hydrogen-bond acceptors (Lipinski definition) is 20.